The molecule has 1 amide bonds. The number of para-hydroxylation sites is 1. The molecule has 1 N–H and O–H groups in total. The van der Waals surface area contributed by atoms with Crippen LogP contribution in [0.2, 0.25) is 5.02 Å². The lowest BCUT2D eigenvalue weighted by molar-refractivity contribution is -0.124. The van der Waals surface area contributed by atoms with Crippen LogP contribution < -0.4 is 5.32 Å². The van der Waals surface area contributed by atoms with Crippen molar-refractivity contribution in [3.63, 3.8) is 0 Å². The highest BCUT2D eigenvalue weighted by atomic mass is 35.5. The molecule has 1 aliphatic rings. The number of hydrogen-bond acceptors (Lipinski definition) is 3. The van der Waals surface area contributed by atoms with Crippen LogP contribution in [0.4, 0.5) is 5.69 Å². The second-order valence-corrected chi connectivity index (χ2v) is 5.92. The lowest BCUT2D eigenvalue weighted by Crippen LogP contribution is -2.32. The first-order chi connectivity index (χ1) is 10.6. The molecule has 3 rings (SSSR count). The first-order valence-electron chi connectivity index (χ1n) is 7.35. The first kappa shape index (κ1) is 15.1. The van der Waals surface area contributed by atoms with E-state index in [1.165, 1.54) is 0 Å². The van der Waals surface area contributed by atoms with Crippen LogP contribution in [-0.2, 0) is 9.53 Å². The summed E-state index contributed by atoms with van der Waals surface area (Å²) in [6.45, 7) is 2.63. The number of rotatable bonds is 3. The molecule has 5 nitrogen and oxygen atoms in total. The number of carbonyl (C=O) groups is 1. The van der Waals surface area contributed by atoms with Crippen molar-refractivity contribution in [3.05, 3.63) is 41.7 Å². The quantitative estimate of drug-likeness (QED) is 0.944. The number of carbonyl (C=O) groups excluding carboxylic acids is 1. The van der Waals surface area contributed by atoms with Gasteiger partial charge in [-0.15, -0.1) is 0 Å². The van der Waals surface area contributed by atoms with Crippen LogP contribution in [0, 0.1) is 5.92 Å². The summed E-state index contributed by atoms with van der Waals surface area (Å²) in [7, 11) is 0. The molecule has 2 unspecified atom stereocenters. The topological polar surface area (TPSA) is 56.2 Å². The molecule has 1 aromatic carbocycles. The van der Waals surface area contributed by atoms with Crippen molar-refractivity contribution in [2.75, 3.05) is 11.9 Å². The number of nitrogens with one attached hydrogen (secondary N) is 1. The van der Waals surface area contributed by atoms with Gasteiger partial charge in [-0.3, -0.25) is 4.79 Å². The van der Waals surface area contributed by atoms with E-state index in [1.54, 1.807) is 23.1 Å². The van der Waals surface area contributed by atoms with E-state index in [0.717, 1.165) is 18.5 Å². The third-order valence-electron chi connectivity index (χ3n) is 3.81. The highest BCUT2D eigenvalue weighted by molar-refractivity contribution is 6.32. The Morgan fingerprint density at radius 1 is 1.45 bits per heavy atom. The molecule has 22 heavy (non-hydrogen) atoms. The van der Waals surface area contributed by atoms with Gasteiger partial charge in [0.1, 0.15) is 0 Å². The molecule has 2 heterocycles. The fourth-order valence-corrected chi connectivity index (χ4v) is 2.86. The van der Waals surface area contributed by atoms with Crippen LogP contribution in [0.25, 0.3) is 5.69 Å². The normalized spacial score (nSPS) is 21.5. The Bertz CT molecular complexity index is 671. The maximum absolute atomic E-state index is 12.3. The van der Waals surface area contributed by atoms with Crippen LogP contribution in [0.15, 0.2) is 36.7 Å². The zero-order valence-corrected chi connectivity index (χ0v) is 13.1. The summed E-state index contributed by atoms with van der Waals surface area (Å²) in [4.78, 5) is 12.3. The smallest absolute Gasteiger partial charge is 0.227 e. The summed E-state index contributed by atoms with van der Waals surface area (Å²) in [5.74, 6) is 0.0151. The van der Waals surface area contributed by atoms with Crippen LogP contribution in [0.1, 0.15) is 19.8 Å². The van der Waals surface area contributed by atoms with Crippen LogP contribution >= 0.6 is 11.6 Å². The van der Waals surface area contributed by atoms with Crippen molar-refractivity contribution in [2.24, 2.45) is 5.92 Å². The fraction of sp³-hybridized carbons (Fsp3) is 0.375. The summed E-state index contributed by atoms with van der Waals surface area (Å²) >= 11 is 6.15. The van der Waals surface area contributed by atoms with Crippen molar-refractivity contribution in [3.8, 4) is 5.69 Å². The minimum absolute atomic E-state index is 0.00702. The Hall–Kier alpha value is -1.85. The van der Waals surface area contributed by atoms with Crippen molar-refractivity contribution < 1.29 is 9.53 Å². The van der Waals surface area contributed by atoms with Crippen molar-refractivity contribution in [2.45, 2.75) is 25.9 Å². The molecule has 0 bridgehead atoms. The number of aromatic nitrogens is 2. The molecular weight excluding hydrogens is 302 g/mol. The molecule has 0 saturated carbocycles. The Labute approximate surface area is 134 Å². The molecule has 1 aliphatic heterocycles. The average molecular weight is 320 g/mol. The Kier molecular flexibility index (Phi) is 4.45. The van der Waals surface area contributed by atoms with Gasteiger partial charge in [-0.1, -0.05) is 23.7 Å². The number of anilines is 1. The summed E-state index contributed by atoms with van der Waals surface area (Å²) < 4.78 is 7.13. The molecule has 6 heteroatoms. The number of nitrogens with zero attached hydrogens (tertiary/aromatic N) is 2. The molecule has 2 atom stereocenters. The van der Waals surface area contributed by atoms with Crippen molar-refractivity contribution in [1.82, 2.24) is 9.78 Å². The number of benzene rings is 1. The van der Waals surface area contributed by atoms with Crippen LogP contribution in [0.3, 0.4) is 0 Å². The summed E-state index contributed by atoms with van der Waals surface area (Å²) in [5.41, 5.74) is 1.45. The van der Waals surface area contributed by atoms with E-state index in [0.29, 0.717) is 17.3 Å². The first-order valence-corrected chi connectivity index (χ1v) is 7.73. The lowest BCUT2D eigenvalue weighted by atomic mass is 9.95. The molecule has 0 spiro atoms. The van der Waals surface area contributed by atoms with E-state index >= 15 is 0 Å². The predicted molar refractivity (Wildman–Crippen MR) is 85.3 cm³/mol. The predicted octanol–water partition coefficient (Wildman–Crippen LogP) is 3.28. The number of hydrogen-bond donors (Lipinski definition) is 1. The van der Waals surface area contributed by atoms with Gasteiger partial charge in [0.15, 0.2) is 0 Å². The van der Waals surface area contributed by atoms with Gasteiger partial charge in [-0.2, -0.15) is 5.10 Å². The molecule has 1 fully saturated rings. The third kappa shape index (κ3) is 3.31. The Morgan fingerprint density at radius 3 is 3.05 bits per heavy atom. The van der Waals surface area contributed by atoms with Crippen molar-refractivity contribution in [1.29, 1.82) is 0 Å². The van der Waals surface area contributed by atoms with Gasteiger partial charge >= 0.3 is 0 Å². The van der Waals surface area contributed by atoms with E-state index in [2.05, 4.69) is 10.4 Å². The number of halogens is 1. The van der Waals surface area contributed by atoms with Gasteiger partial charge in [-0.25, -0.2) is 4.68 Å². The number of ether oxygens (including phenoxy) is 1. The van der Waals surface area contributed by atoms with Gasteiger partial charge in [0.05, 0.1) is 34.9 Å². The molecule has 1 aromatic heterocycles. The van der Waals surface area contributed by atoms with Crippen molar-refractivity contribution >= 4 is 23.2 Å². The van der Waals surface area contributed by atoms with Crippen LogP contribution in [-0.4, -0.2) is 28.4 Å². The summed E-state index contributed by atoms with van der Waals surface area (Å²) in [6, 6.07) is 7.44. The minimum Gasteiger partial charge on any atom is -0.378 e. The van der Waals surface area contributed by atoms with E-state index in [9.17, 15) is 4.79 Å². The monoisotopic (exact) mass is 319 g/mol. The zero-order chi connectivity index (χ0) is 15.5. The highest BCUT2D eigenvalue weighted by Crippen LogP contribution is 2.23. The molecular formula is C16H18ClN3O2. The Morgan fingerprint density at radius 2 is 2.27 bits per heavy atom. The zero-order valence-electron chi connectivity index (χ0n) is 12.3. The lowest BCUT2D eigenvalue weighted by Gasteiger charge is -2.26. The highest BCUT2D eigenvalue weighted by Gasteiger charge is 2.25. The largest absolute Gasteiger partial charge is 0.378 e. The second kappa shape index (κ2) is 6.50. The average Bonchev–Trinajstić information content (AvgIpc) is 2.96. The van der Waals surface area contributed by atoms with Gasteiger partial charge in [0.25, 0.3) is 0 Å². The molecule has 2 aromatic rings. The number of amides is 1. The molecule has 1 saturated heterocycles. The maximum Gasteiger partial charge on any atom is 0.227 e. The molecule has 0 radical (unpaired) electrons. The second-order valence-electron chi connectivity index (χ2n) is 5.52. The summed E-state index contributed by atoms with van der Waals surface area (Å²) in [5, 5.41) is 7.79. The fourth-order valence-electron chi connectivity index (χ4n) is 2.64. The standard InChI is InChI=1S/C16H18ClN3O2/c1-11-8-12(6-7-22-11)16(21)19-13-9-18-20(10-13)15-5-3-2-4-14(15)17/h2-5,9-12H,6-8H2,1H3,(H,19,21). The third-order valence-corrected chi connectivity index (χ3v) is 4.12. The van der Waals surface area contributed by atoms with E-state index in [-0.39, 0.29) is 17.9 Å². The van der Waals surface area contributed by atoms with E-state index in [1.807, 2.05) is 25.1 Å². The summed E-state index contributed by atoms with van der Waals surface area (Å²) in [6.07, 6.45) is 5.04. The Balaban J connectivity index is 1.69. The van der Waals surface area contributed by atoms with Gasteiger partial charge in [0, 0.05) is 12.5 Å². The van der Waals surface area contributed by atoms with Gasteiger partial charge in [0.2, 0.25) is 5.91 Å². The maximum atomic E-state index is 12.3. The van der Waals surface area contributed by atoms with Gasteiger partial charge < -0.3 is 10.1 Å². The van der Waals surface area contributed by atoms with Gasteiger partial charge in [-0.05, 0) is 31.9 Å². The molecule has 0 aliphatic carbocycles. The van der Waals surface area contributed by atoms with Crippen LogP contribution in [0.5, 0.6) is 0 Å². The van der Waals surface area contributed by atoms with E-state index < -0.39 is 0 Å². The van der Waals surface area contributed by atoms with E-state index in [4.69, 9.17) is 16.3 Å². The SMILES string of the molecule is CC1CC(C(=O)Nc2cnn(-c3ccccc3Cl)c2)CCO1. The minimum atomic E-state index is -0.00702. The molecule has 116 valence electrons.